The third kappa shape index (κ3) is 6.64. The predicted octanol–water partition coefficient (Wildman–Crippen LogP) is 4.84. The molecule has 1 amide bonds. The first kappa shape index (κ1) is 23.9. The molecule has 0 heterocycles. The van der Waals surface area contributed by atoms with Gasteiger partial charge < -0.3 is 5.32 Å². The topological polar surface area (TPSA) is 92.3 Å². The van der Waals surface area contributed by atoms with Gasteiger partial charge in [0, 0.05) is 27.6 Å². The number of sulfonamides is 1. The summed E-state index contributed by atoms with van der Waals surface area (Å²) < 4.78 is 26.1. The Bertz CT molecular complexity index is 1230. The van der Waals surface area contributed by atoms with Gasteiger partial charge in [0.05, 0.1) is 18.0 Å². The molecule has 0 unspecified atom stereocenters. The number of anilines is 1. The molecular weight excluding hydrogens is 471 g/mol. The molecule has 0 saturated carbocycles. The Balaban J connectivity index is 1.85. The summed E-state index contributed by atoms with van der Waals surface area (Å²) in [6.07, 6.45) is 0.819. The zero-order valence-corrected chi connectivity index (χ0v) is 19.3. The number of carbonyl (C=O) groups excluding carboxylic acids is 2. The lowest BCUT2D eigenvalue weighted by molar-refractivity contribution is -0.116. The summed E-state index contributed by atoms with van der Waals surface area (Å²) in [5.41, 5.74) is 1.54. The van der Waals surface area contributed by atoms with Gasteiger partial charge in [-0.05, 0) is 35.9 Å². The highest BCUT2D eigenvalue weighted by atomic mass is 35.5. The van der Waals surface area contributed by atoms with Crippen molar-refractivity contribution in [3.63, 3.8) is 0 Å². The molecule has 0 saturated heterocycles. The number of rotatable bonds is 8. The Morgan fingerprint density at radius 2 is 1.53 bits per heavy atom. The molecule has 32 heavy (non-hydrogen) atoms. The maximum Gasteiger partial charge on any atom is 0.226 e. The van der Waals surface area contributed by atoms with Crippen molar-refractivity contribution in [1.82, 2.24) is 4.72 Å². The lowest BCUT2D eigenvalue weighted by atomic mass is 10.0. The first-order valence-electron chi connectivity index (χ1n) is 9.54. The van der Waals surface area contributed by atoms with Crippen LogP contribution in [0.5, 0.6) is 0 Å². The van der Waals surface area contributed by atoms with Gasteiger partial charge in [-0.3, -0.25) is 9.59 Å². The normalized spacial score (nSPS) is 12.2. The highest BCUT2D eigenvalue weighted by molar-refractivity contribution is 7.88. The summed E-state index contributed by atoms with van der Waals surface area (Å²) in [6, 6.07) is 18.9. The van der Waals surface area contributed by atoms with Crippen molar-refractivity contribution in [3.05, 3.63) is 99.5 Å². The molecular formula is C23H20Cl2N2O4S. The van der Waals surface area contributed by atoms with Gasteiger partial charge in [-0.1, -0.05) is 65.7 Å². The number of hydrogen-bond acceptors (Lipinski definition) is 4. The van der Waals surface area contributed by atoms with Crippen molar-refractivity contribution in [2.24, 2.45) is 0 Å². The average molecular weight is 491 g/mol. The van der Waals surface area contributed by atoms with Gasteiger partial charge in [-0.25, -0.2) is 13.1 Å². The second-order valence-corrected chi connectivity index (χ2v) is 9.78. The molecule has 1 atom stereocenters. The minimum absolute atomic E-state index is 0.198. The van der Waals surface area contributed by atoms with E-state index in [1.165, 1.54) is 12.1 Å². The van der Waals surface area contributed by atoms with Crippen molar-refractivity contribution in [1.29, 1.82) is 0 Å². The lowest BCUT2D eigenvalue weighted by Gasteiger charge is -2.18. The number of halogens is 2. The molecule has 0 fully saturated rings. The molecule has 0 radical (unpaired) electrons. The summed E-state index contributed by atoms with van der Waals surface area (Å²) in [4.78, 5) is 25.8. The van der Waals surface area contributed by atoms with Gasteiger partial charge in [0.25, 0.3) is 0 Å². The van der Waals surface area contributed by atoms with Crippen LogP contribution in [-0.4, -0.2) is 26.4 Å². The van der Waals surface area contributed by atoms with E-state index in [1.807, 2.05) is 0 Å². The summed E-state index contributed by atoms with van der Waals surface area (Å²) in [5, 5.41) is 3.54. The van der Waals surface area contributed by atoms with E-state index >= 15 is 0 Å². The van der Waals surface area contributed by atoms with Crippen molar-refractivity contribution in [2.45, 2.75) is 12.5 Å². The molecule has 0 spiro atoms. The first-order chi connectivity index (χ1) is 15.1. The van der Waals surface area contributed by atoms with Gasteiger partial charge in [0.2, 0.25) is 15.9 Å². The molecule has 0 aliphatic rings. The van der Waals surface area contributed by atoms with Crippen LogP contribution in [0, 0.1) is 0 Å². The van der Waals surface area contributed by atoms with E-state index in [9.17, 15) is 18.0 Å². The molecule has 0 bridgehead atoms. The van der Waals surface area contributed by atoms with Crippen LogP contribution in [0.1, 0.15) is 33.9 Å². The number of amides is 1. The quantitative estimate of drug-likeness (QED) is 0.441. The van der Waals surface area contributed by atoms with Crippen LogP contribution >= 0.6 is 23.2 Å². The number of hydrogen-bond donors (Lipinski definition) is 2. The van der Waals surface area contributed by atoms with Crippen molar-refractivity contribution < 1.29 is 18.0 Å². The largest absolute Gasteiger partial charge is 0.325 e. The maximum atomic E-state index is 12.9. The standard InChI is InChI=1S/C23H20Cl2N2O4S/c1-32(30,31)27-21(15-7-9-17(24)10-8-15)14-22(28)26-20-12-11-18(25)13-19(20)23(29)16-5-3-2-4-6-16/h2-13,21,27H,14H2,1H3,(H,26,28)/t21-/m0/s1. The zero-order valence-electron chi connectivity index (χ0n) is 17.0. The fourth-order valence-corrected chi connectivity index (χ4v) is 4.16. The van der Waals surface area contributed by atoms with Crippen molar-refractivity contribution in [3.8, 4) is 0 Å². The summed E-state index contributed by atoms with van der Waals surface area (Å²) in [7, 11) is -3.60. The minimum Gasteiger partial charge on any atom is -0.325 e. The van der Waals surface area contributed by atoms with E-state index in [-0.39, 0.29) is 23.5 Å². The number of carbonyl (C=O) groups is 2. The third-order valence-corrected chi connectivity index (χ3v) is 5.75. The summed E-state index contributed by atoms with van der Waals surface area (Å²) in [6.45, 7) is 0. The molecule has 3 aromatic carbocycles. The highest BCUT2D eigenvalue weighted by Crippen LogP contribution is 2.26. The molecule has 0 aliphatic carbocycles. The molecule has 6 nitrogen and oxygen atoms in total. The third-order valence-electron chi connectivity index (χ3n) is 4.55. The minimum atomic E-state index is -3.60. The fraction of sp³-hybridized carbons (Fsp3) is 0.130. The second-order valence-electron chi connectivity index (χ2n) is 7.13. The van der Waals surface area contributed by atoms with Crippen molar-refractivity contribution in [2.75, 3.05) is 11.6 Å². The Labute approximate surface area is 196 Å². The molecule has 0 aromatic heterocycles. The zero-order chi connectivity index (χ0) is 23.3. The first-order valence-corrected chi connectivity index (χ1v) is 12.2. The Morgan fingerprint density at radius 1 is 0.906 bits per heavy atom. The lowest BCUT2D eigenvalue weighted by Crippen LogP contribution is -2.31. The van der Waals surface area contributed by atoms with E-state index in [4.69, 9.17) is 23.2 Å². The van der Waals surface area contributed by atoms with Crippen LogP contribution in [0.25, 0.3) is 0 Å². The van der Waals surface area contributed by atoms with E-state index in [2.05, 4.69) is 10.0 Å². The van der Waals surface area contributed by atoms with E-state index in [0.29, 0.717) is 21.2 Å². The van der Waals surface area contributed by atoms with Crippen LogP contribution in [-0.2, 0) is 14.8 Å². The van der Waals surface area contributed by atoms with Crippen LogP contribution in [0.4, 0.5) is 5.69 Å². The van der Waals surface area contributed by atoms with Crippen molar-refractivity contribution >= 4 is 50.6 Å². The molecule has 9 heteroatoms. The van der Waals surface area contributed by atoms with Crippen LogP contribution in [0.2, 0.25) is 10.0 Å². The molecule has 3 aromatic rings. The van der Waals surface area contributed by atoms with Crippen LogP contribution < -0.4 is 10.0 Å². The Hall–Kier alpha value is -2.71. The highest BCUT2D eigenvalue weighted by Gasteiger charge is 2.22. The second kappa shape index (κ2) is 10.3. The number of nitrogens with one attached hydrogen (secondary N) is 2. The van der Waals surface area contributed by atoms with Crippen LogP contribution in [0.3, 0.4) is 0 Å². The summed E-state index contributed by atoms with van der Waals surface area (Å²) >= 11 is 12.0. The average Bonchev–Trinajstić information content (AvgIpc) is 2.74. The molecule has 3 rings (SSSR count). The van der Waals surface area contributed by atoms with Gasteiger partial charge in [0.15, 0.2) is 5.78 Å². The maximum absolute atomic E-state index is 12.9. The van der Waals surface area contributed by atoms with E-state index in [0.717, 1.165) is 6.26 Å². The Kier molecular flexibility index (Phi) is 7.69. The van der Waals surface area contributed by atoms with Gasteiger partial charge in [-0.2, -0.15) is 0 Å². The molecule has 2 N–H and O–H groups in total. The van der Waals surface area contributed by atoms with Gasteiger partial charge in [0.1, 0.15) is 0 Å². The fourth-order valence-electron chi connectivity index (χ4n) is 3.13. The van der Waals surface area contributed by atoms with Gasteiger partial charge >= 0.3 is 0 Å². The smallest absolute Gasteiger partial charge is 0.226 e. The van der Waals surface area contributed by atoms with Crippen LogP contribution in [0.15, 0.2) is 72.8 Å². The SMILES string of the molecule is CS(=O)(=O)N[C@@H](CC(=O)Nc1ccc(Cl)cc1C(=O)c1ccccc1)c1ccc(Cl)cc1. The van der Waals surface area contributed by atoms with E-state index < -0.39 is 22.0 Å². The van der Waals surface area contributed by atoms with Gasteiger partial charge in [-0.15, -0.1) is 0 Å². The van der Waals surface area contributed by atoms with E-state index in [1.54, 1.807) is 60.7 Å². The predicted molar refractivity (Wildman–Crippen MR) is 127 cm³/mol. The number of ketones is 1. The monoisotopic (exact) mass is 490 g/mol. The molecule has 0 aliphatic heterocycles. The summed E-state index contributed by atoms with van der Waals surface area (Å²) in [5.74, 6) is -0.780. The molecule has 166 valence electrons. The number of benzene rings is 3. The Morgan fingerprint density at radius 3 is 2.16 bits per heavy atom.